The molecule has 0 aliphatic heterocycles. The van der Waals surface area contributed by atoms with Crippen LogP contribution in [0, 0.1) is 0 Å². The molecule has 8 heteroatoms. The second kappa shape index (κ2) is 5.79. The first-order valence-electron chi connectivity index (χ1n) is 4.84. The minimum Gasteiger partial charge on any atom is -0.224 e. The summed E-state index contributed by atoms with van der Waals surface area (Å²) in [6, 6.07) is 2.46. The third kappa shape index (κ3) is 3.86. The van der Waals surface area contributed by atoms with Gasteiger partial charge >= 0.3 is 6.18 Å². The first-order chi connectivity index (χ1) is 8.18. The van der Waals surface area contributed by atoms with Crippen molar-refractivity contribution in [2.45, 2.75) is 17.5 Å². The number of alkyl halides is 4. The molecule has 102 valence electrons. The van der Waals surface area contributed by atoms with Gasteiger partial charge in [0, 0.05) is 10.4 Å². The summed E-state index contributed by atoms with van der Waals surface area (Å²) >= 11 is 8.25. The molecule has 1 aromatic rings. The lowest BCUT2D eigenvalue weighted by molar-refractivity contribution is -0.137. The highest BCUT2D eigenvalue weighted by Crippen LogP contribution is 2.33. The Bertz CT molecular complexity index is 528. The highest BCUT2D eigenvalue weighted by Gasteiger charge is 2.31. The van der Waals surface area contributed by atoms with Crippen LogP contribution in [0.15, 0.2) is 27.6 Å². The molecular weight excluding hydrogens is 357 g/mol. The average molecular weight is 366 g/mol. The van der Waals surface area contributed by atoms with Gasteiger partial charge in [0.05, 0.1) is 16.2 Å². The number of halogens is 5. The van der Waals surface area contributed by atoms with Gasteiger partial charge in [-0.1, -0.05) is 0 Å². The van der Waals surface area contributed by atoms with Crippen LogP contribution in [0.1, 0.15) is 12.0 Å². The molecule has 0 aliphatic carbocycles. The maximum Gasteiger partial charge on any atom is 0.416 e. The third-order valence-corrected chi connectivity index (χ3v) is 5.18. The molecule has 18 heavy (non-hydrogen) atoms. The zero-order chi connectivity index (χ0) is 14.0. The molecular formula is C10H9BrClF3O2S. The van der Waals surface area contributed by atoms with E-state index in [0.29, 0.717) is 0 Å². The van der Waals surface area contributed by atoms with E-state index in [2.05, 4.69) is 15.9 Å². The topological polar surface area (TPSA) is 34.1 Å². The van der Waals surface area contributed by atoms with Crippen molar-refractivity contribution in [3.05, 3.63) is 28.2 Å². The highest BCUT2D eigenvalue weighted by molar-refractivity contribution is 9.10. The molecule has 0 aliphatic rings. The second-order valence-corrected chi connectivity index (χ2v) is 6.81. The Balaban J connectivity index is 3.14. The van der Waals surface area contributed by atoms with Crippen molar-refractivity contribution in [2.75, 3.05) is 11.6 Å². The number of hydrogen-bond acceptors (Lipinski definition) is 2. The van der Waals surface area contributed by atoms with Gasteiger partial charge in [0.25, 0.3) is 0 Å². The molecule has 0 unspecified atom stereocenters. The number of hydrogen-bond donors (Lipinski definition) is 0. The van der Waals surface area contributed by atoms with Crippen LogP contribution in [0.2, 0.25) is 0 Å². The summed E-state index contributed by atoms with van der Waals surface area (Å²) in [6.45, 7) is 0. The lowest BCUT2D eigenvalue weighted by atomic mass is 10.2. The summed E-state index contributed by atoms with van der Waals surface area (Å²) in [5, 5.41) is 0. The SMILES string of the molecule is O=S(=O)(CCCCl)c1ccc(C(F)(F)F)cc1Br. The maximum atomic E-state index is 12.4. The van der Waals surface area contributed by atoms with E-state index in [0.717, 1.165) is 18.2 Å². The van der Waals surface area contributed by atoms with Crippen LogP contribution in [0.25, 0.3) is 0 Å². The largest absolute Gasteiger partial charge is 0.416 e. The van der Waals surface area contributed by atoms with E-state index in [4.69, 9.17) is 11.6 Å². The molecule has 1 rings (SSSR count). The van der Waals surface area contributed by atoms with Crippen LogP contribution in [-0.2, 0) is 16.0 Å². The van der Waals surface area contributed by atoms with Gasteiger partial charge in [0.1, 0.15) is 0 Å². The monoisotopic (exact) mass is 364 g/mol. The number of benzene rings is 1. The van der Waals surface area contributed by atoms with E-state index in [1.54, 1.807) is 0 Å². The van der Waals surface area contributed by atoms with Gasteiger partial charge in [-0.15, -0.1) is 11.6 Å². The molecule has 0 N–H and O–H groups in total. The van der Waals surface area contributed by atoms with Gasteiger partial charge < -0.3 is 0 Å². The average Bonchev–Trinajstić information content (AvgIpc) is 2.24. The molecule has 1 aromatic carbocycles. The third-order valence-electron chi connectivity index (χ3n) is 2.14. The van der Waals surface area contributed by atoms with E-state index in [1.807, 2.05) is 0 Å². The van der Waals surface area contributed by atoms with Crippen LogP contribution >= 0.6 is 27.5 Å². The van der Waals surface area contributed by atoms with Gasteiger partial charge in [-0.25, -0.2) is 8.42 Å². The van der Waals surface area contributed by atoms with Crippen molar-refractivity contribution >= 4 is 37.4 Å². The normalized spacial score (nSPS) is 12.7. The molecule has 0 radical (unpaired) electrons. The Morgan fingerprint density at radius 3 is 2.33 bits per heavy atom. The molecule has 0 spiro atoms. The minimum atomic E-state index is -4.50. The Morgan fingerprint density at radius 1 is 1.28 bits per heavy atom. The Morgan fingerprint density at radius 2 is 1.89 bits per heavy atom. The van der Waals surface area contributed by atoms with Crippen LogP contribution in [0.3, 0.4) is 0 Å². The number of sulfone groups is 1. The van der Waals surface area contributed by atoms with Crippen LogP contribution in [0.4, 0.5) is 13.2 Å². The molecule has 2 nitrogen and oxygen atoms in total. The summed E-state index contributed by atoms with van der Waals surface area (Å²) in [7, 11) is -3.61. The van der Waals surface area contributed by atoms with Gasteiger partial charge in [-0.05, 0) is 40.5 Å². The molecule has 0 saturated carbocycles. The zero-order valence-corrected chi connectivity index (χ0v) is 12.1. The van der Waals surface area contributed by atoms with Gasteiger partial charge in [0.15, 0.2) is 9.84 Å². The van der Waals surface area contributed by atoms with Crippen LogP contribution in [0.5, 0.6) is 0 Å². The lowest BCUT2D eigenvalue weighted by Crippen LogP contribution is -2.10. The molecule has 0 heterocycles. The molecule has 0 bridgehead atoms. The Labute approximate surface area is 116 Å². The van der Waals surface area contributed by atoms with E-state index in [9.17, 15) is 21.6 Å². The minimum absolute atomic E-state index is 0.0908. The summed E-state index contributed by atoms with van der Waals surface area (Å²) in [5.41, 5.74) is -0.898. The molecule has 0 aromatic heterocycles. The predicted octanol–water partition coefficient (Wildman–Crippen LogP) is 3.87. The second-order valence-electron chi connectivity index (χ2n) is 3.50. The molecule has 0 fully saturated rings. The summed E-state index contributed by atoms with van der Waals surface area (Å²) < 4.78 is 60.7. The fourth-order valence-electron chi connectivity index (χ4n) is 1.28. The van der Waals surface area contributed by atoms with E-state index in [1.165, 1.54) is 0 Å². The molecule has 0 saturated heterocycles. The van der Waals surface area contributed by atoms with Crippen molar-refractivity contribution in [1.29, 1.82) is 0 Å². The predicted molar refractivity (Wildman–Crippen MR) is 66.5 cm³/mol. The van der Waals surface area contributed by atoms with Gasteiger partial charge in [-0.2, -0.15) is 13.2 Å². The van der Waals surface area contributed by atoms with Crippen LogP contribution in [-0.4, -0.2) is 20.1 Å². The van der Waals surface area contributed by atoms with Crippen molar-refractivity contribution in [2.24, 2.45) is 0 Å². The smallest absolute Gasteiger partial charge is 0.224 e. The first-order valence-corrected chi connectivity index (χ1v) is 7.82. The molecule has 0 amide bonds. The van der Waals surface area contributed by atoms with Gasteiger partial charge in [0.2, 0.25) is 0 Å². The maximum absolute atomic E-state index is 12.4. The Hall–Kier alpha value is -0.270. The first kappa shape index (κ1) is 15.8. The fourth-order valence-corrected chi connectivity index (χ4v) is 4.07. The fraction of sp³-hybridized carbons (Fsp3) is 0.400. The summed E-state index contributed by atoms with van der Waals surface area (Å²) in [5.74, 6) is -0.0159. The lowest BCUT2D eigenvalue weighted by Gasteiger charge is -2.10. The van der Waals surface area contributed by atoms with Crippen molar-refractivity contribution in [3.8, 4) is 0 Å². The summed E-state index contributed by atoms with van der Waals surface area (Å²) in [4.78, 5) is -0.152. The molecule has 0 atom stereocenters. The summed E-state index contributed by atoms with van der Waals surface area (Å²) in [6.07, 6.45) is -4.25. The van der Waals surface area contributed by atoms with Crippen LogP contribution < -0.4 is 0 Å². The van der Waals surface area contributed by atoms with Gasteiger partial charge in [-0.3, -0.25) is 0 Å². The van der Waals surface area contributed by atoms with E-state index in [-0.39, 0.29) is 27.4 Å². The van der Waals surface area contributed by atoms with Crippen molar-refractivity contribution < 1.29 is 21.6 Å². The highest BCUT2D eigenvalue weighted by atomic mass is 79.9. The number of rotatable bonds is 4. The zero-order valence-electron chi connectivity index (χ0n) is 8.97. The Kier molecular flexibility index (Phi) is 5.08. The van der Waals surface area contributed by atoms with Crippen molar-refractivity contribution in [3.63, 3.8) is 0 Å². The standard InChI is InChI=1S/C10H9BrClF3O2S/c11-8-6-7(10(13,14)15)2-3-9(8)18(16,17)5-1-4-12/h2-3,6H,1,4-5H2. The van der Waals surface area contributed by atoms with E-state index >= 15 is 0 Å². The quantitative estimate of drug-likeness (QED) is 0.759. The van der Waals surface area contributed by atoms with E-state index < -0.39 is 21.6 Å². The van der Waals surface area contributed by atoms with Crippen molar-refractivity contribution in [1.82, 2.24) is 0 Å².